The van der Waals surface area contributed by atoms with Crippen molar-refractivity contribution < 1.29 is 14.3 Å². The second-order valence-electron chi connectivity index (χ2n) is 5.94. The van der Waals surface area contributed by atoms with Crippen LogP contribution in [0.15, 0.2) is 0 Å². The highest BCUT2D eigenvalue weighted by molar-refractivity contribution is 5.68. The van der Waals surface area contributed by atoms with Gasteiger partial charge in [-0.2, -0.15) is 0 Å². The molecule has 0 aliphatic rings. The second kappa shape index (κ2) is 15.8. The van der Waals surface area contributed by atoms with Gasteiger partial charge in [0.25, 0.3) is 0 Å². The Morgan fingerprint density at radius 3 is 1.86 bits per heavy atom. The molecule has 0 spiro atoms. The molecule has 21 heavy (non-hydrogen) atoms. The molecule has 0 aliphatic heterocycles. The molecule has 0 bridgehead atoms. The molecule has 0 aromatic heterocycles. The van der Waals surface area contributed by atoms with Crippen LogP contribution in [0, 0.1) is 0 Å². The van der Waals surface area contributed by atoms with Crippen LogP contribution in [0.3, 0.4) is 0 Å². The van der Waals surface area contributed by atoms with E-state index in [0.717, 1.165) is 25.7 Å². The summed E-state index contributed by atoms with van der Waals surface area (Å²) in [7, 11) is 3.25. The van der Waals surface area contributed by atoms with E-state index in [0.29, 0.717) is 12.5 Å². The Kier molecular flexibility index (Phi) is 15.4. The third-order valence-corrected chi connectivity index (χ3v) is 4.10. The standard InChI is InChI=1S/C18H36O3/c1-4-5-6-7-8-9-10-11-14-17(20-2)15-12-13-16-18(19)21-3/h17H,4-16H2,1-3H3/t17-/m1/s1. The zero-order valence-corrected chi connectivity index (χ0v) is 14.5. The Morgan fingerprint density at radius 2 is 1.33 bits per heavy atom. The predicted molar refractivity (Wildman–Crippen MR) is 88.5 cm³/mol. The normalized spacial score (nSPS) is 12.3. The highest BCUT2D eigenvalue weighted by Gasteiger charge is 2.08. The number of hydrogen-bond acceptors (Lipinski definition) is 3. The van der Waals surface area contributed by atoms with Crippen LogP contribution in [0.5, 0.6) is 0 Å². The van der Waals surface area contributed by atoms with Crippen molar-refractivity contribution in [1.29, 1.82) is 0 Å². The molecule has 0 heterocycles. The summed E-state index contributed by atoms with van der Waals surface area (Å²) in [6.07, 6.45) is 15.9. The number of esters is 1. The third-order valence-electron chi connectivity index (χ3n) is 4.10. The number of ether oxygens (including phenoxy) is 2. The first-order valence-electron chi connectivity index (χ1n) is 8.84. The summed E-state index contributed by atoms with van der Waals surface area (Å²) < 4.78 is 10.2. The molecule has 0 radical (unpaired) electrons. The van der Waals surface area contributed by atoms with Crippen molar-refractivity contribution in [1.82, 2.24) is 0 Å². The molecule has 0 unspecified atom stereocenters. The molecule has 3 heteroatoms. The van der Waals surface area contributed by atoms with Crippen LogP contribution >= 0.6 is 0 Å². The van der Waals surface area contributed by atoms with E-state index in [4.69, 9.17) is 4.74 Å². The fourth-order valence-electron chi connectivity index (χ4n) is 2.63. The smallest absolute Gasteiger partial charge is 0.305 e. The molecule has 0 saturated heterocycles. The van der Waals surface area contributed by atoms with Crippen molar-refractivity contribution in [2.45, 2.75) is 96.5 Å². The van der Waals surface area contributed by atoms with Gasteiger partial charge in [0.2, 0.25) is 0 Å². The van der Waals surface area contributed by atoms with E-state index in [9.17, 15) is 4.79 Å². The molecular weight excluding hydrogens is 264 g/mol. The lowest BCUT2D eigenvalue weighted by Gasteiger charge is -2.14. The SMILES string of the molecule is CCCCCCCCCC[C@H](CCCCC(=O)OC)OC. The van der Waals surface area contributed by atoms with Gasteiger partial charge < -0.3 is 9.47 Å². The third kappa shape index (κ3) is 14.1. The van der Waals surface area contributed by atoms with Crippen LogP contribution in [0.2, 0.25) is 0 Å². The lowest BCUT2D eigenvalue weighted by molar-refractivity contribution is -0.140. The van der Waals surface area contributed by atoms with Crippen molar-refractivity contribution in [3.05, 3.63) is 0 Å². The second-order valence-corrected chi connectivity index (χ2v) is 5.94. The summed E-state index contributed by atoms with van der Waals surface area (Å²) in [6, 6.07) is 0. The minimum atomic E-state index is -0.105. The average molecular weight is 300 g/mol. The van der Waals surface area contributed by atoms with Crippen LogP contribution in [0.1, 0.15) is 90.4 Å². The molecule has 0 fully saturated rings. The number of unbranched alkanes of at least 4 members (excludes halogenated alkanes) is 8. The van der Waals surface area contributed by atoms with Crippen molar-refractivity contribution in [3.8, 4) is 0 Å². The Bertz CT molecular complexity index is 229. The van der Waals surface area contributed by atoms with Crippen molar-refractivity contribution >= 4 is 5.97 Å². The summed E-state index contributed by atoms with van der Waals surface area (Å²) in [6.45, 7) is 2.26. The zero-order valence-electron chi connectivity index (χ0n) is 14.5. The molecule has 0 rings (SSSR count). The van der Waals surface area contributed by atoms with E-state index in [1.807, 2.05) is 0 Å². The average Bonchev–Trinajstić information content (AvgIpc) is 2.51. The molecule has 0 aliphatic carbocycles. The highest BCUT2D eigenvalue weighted by Crippen LogP contribution is 2.15. The van der Waals surface area contributed by atoms with Crippen molar-refractivity contribution in [2.24, 2.45) is 0 Å². The maximum absolute atomic E-state index is 11.0. The molecule has 0 aromatic carbocycles. The van der Waals surface area contributed by atoms with Crippen molar-refractivity contribution in [3.63, 3.8) is 0 Å². The molecule has 0 aromatic rings. The summed E-state index contributed by atoms with van der Waals surface area (Å²) >= 11 is 0. The van der Waals surface area contributed by atoms with E-state index < -0.39 is 0 Å². The predicted octanol–water partition coefficient (Wildman–Crippen LogP) is 5.27. The molecule has 0 saturated carbocycles. The first-order chi connectivity index (χ1) is 10.2. The fourth-order valence-corrected chi connectivity index (χ4v) is 2.63. The van der Waals surface area contributed by atoms with Gasteiger partial charge in [-0.05, 0) is 19.3 Å². The van der Waals surface area contributed by atoms with Crippen LogP contribution in [-0.2, 0) is 14.3 Å². The zero-order chi connectivity index (χ0) is 15.8. The highest BCUT2D eigenvalue weighted by atomic mass is 16.5. The fraction of sp³-hybridized carbons (Fsp3) is 0.944. The first-order valence-corrected chi connectivity index (χ1v) is 8.84. The van der Waals surface area contributed by atoms with Crippen LogP contribution < -0.4 is 0 Å². The minimum absolute atomic E-state index is 0.105. The molecule has 0 N–H and O–H groups in total. The number of hydrogen-bond donors (Lipinski definition) is 0. The van der Waals surface area contributed by atoms with Gasteiger partial charge in [-0.1, -0.05) is 64.7 Å². The molecule has 1 atom stereocenters. The maximum Gasteiger partial charge on any atom is 0.305 e. The van der Waals surface area contributed by atoms with Gasteiger partial charge in [0.1, 0.15) is 0 Å². The van der Waals surface area contributed by atoms with E-state index in [1.165, 1.54) is 58.5 Å². The molecule has 126 valence electrons. The number of carbonyl (C=O) groups excluding carboxylic acids is 1. The topological polar surface area (TPSA) is 35.5 Å². The lowest BCUT2D eigenvalue weighted by atomic mass is 10.0. The van der Waals surface area contributed by atoms with Gasteiger partial charge in [0, 0.05) is 13.5 Å². The monoisotopic (exact) mass is 300 g/mol. The Hall–Kier alpha value is -0.570. The Balaban J connectivity index is 3.38. The Labute approximate surface area is 131 Å². The molecule has 0 amide bonds. The van der Waals surface area contributed by atoms with Crippen LogP contribution in [-0.4, -0.2) is 26.3 Å². The molecule has 3 nitrogen and oxygen atoms in total. The summed E-state index contributed by atoms with van der Waals surface area (Å²) in [5, 5.41) is 0. The molecular formula is C18H36O3. The quantitative estimate of drug-likeness (QED) is 0.305. The van der Waals surface area contributed by atoms with E-state index in [-0.39, 0.29) is 5.97 Å². The lowest BCUT2D eigenvalue weighted by Crippen LogP contribution is -2.10. The van der Waals surface area contributed by atoms with Gasteiger partial charge in [-0.3, -0.25) is 4.79 Å². The number of methoxy groups -OCH3 is 2. The maximum atomic E-state index is 11.0. The van der Waals surface area contributed by atoms with Crippen LogP contribution in [0.4, 0.5) is 0 Å². The van der Waals surface area contributed by atoms with Gasteiger partial charge in [-0.25, -0.2) is 0 Å². The largest absolute Gasteiger partial charge is 0.469 e. The Morgan fingerprint density at radius 1 is 0.810 bits per heavy atom. The summed E-state index contributed by atoms with van der Waals surface area (Å²) in [5.74, 6) is -0.105. The van der Waals surface area contributed by atoms with E-state index in [2.05, 4.69) is 11.7 Å². The van der Waals surface area contributed by atoms with Gasteiger partial charge in [0.05, 0.1) is 13.2 Å². The van der Waals surface area contributed by atoms with Gasteiger partial charge in [0.15, 0.2) is 0 Å². The summed E-state index contributed by atoms with van der Waals surface area (Å²) in [4.78, 5) is 11.0. The number of rotatable bonds is 15. The van der Waals surface area contributed by atoms with Gasteiger partial charge in [-0.15, -0.1) is 0 Å². The van der Waals surface area contributed by atoms with Crippen molar-refractivity contribution in [2.75, 3.05) is 14.2 Å². The van der Waals surface area contributed by atoms with E-state index in [1.54, 1.807) is 7.11 Å². The first kappa shape index (κ1) is 20.4. The van der Waals surface area contributed by atoms with Gasteiger partial charge >= 0.3 is 5.97 Å². The van der Waals surface area contributed by atoms with Crippen LogP contribution in [0.25, 0.3) is 0 Å². The number of carbonyl (C=O) groups is 1. The minimum Gasteiger partial charge on any atom is -0.469 e. The summed E-state index contributed by atoms with van der Waals surface area (Å²) in [5.41, 5.74) is 0. The van der Waals surface area contributed by atoms with E-state index >= 15 is 0 Å².